The minimum atomic E-state index is -0.471. The number of nitrogens with zero attached hydrogens (tertiary/aromatic N) is 2. The number of aromatic nitrogens is 2. The van der Waals surface area contributed by atoms with E-state index in [1.54, 1.807) is 25.1 Å². The van der Waals surface area contributed by atoms with Gasteiger partial charge in [-0.3, -0.25) is 9.59 Å². The first kappa shape index (κ1) is 19.5. The molecular weight excluding hydrogens is 387 g/mol. The topological polar surface area (TPSA) is 97.1 Å². The van der Waals surface area contributed by atoms with Crippen LogP contribution in [0.25, 0.3) is 11.5 Å². The zero-order valence-electron chi connectivity index (χ0n) is 16.4. The van der Waals surface area contributed by atoms with E-state index >= 15 is 0 Å². The largest absolute Gasteiger partial charge is 0.421 e. The molecule has 0 aliphatic carbocycles. The summed E-state index contributed by atoms with van der Waals surface area (Å²) >= 11 is 0. The third kappa shape index (κ3) is 3.98. The van der Waals surface area contributed by atoms with E-state index in [0.717, 1.165) is 5.56 Å². The Balaban J connectivity index is 1.62. The Kier molecular flexibility index (Phi) is 5.14. The molecule has 2 aromatic carbocycles. The first-order chi connectivity index (χ1) is 14.4. The molecule has 4 rings (SSSR count). The number of carbonyl (C=O) groups is 2. The van der Waals surface area contributed by atoms with E-state index in [9.17, 15) is 14.0 Å². The van der Waals surface area contributed by atoms with Crippen molar-refractivity contribution in [1.29, 1.82) is 0 Å². The van der Waals surface area contributed by atoms with Gasteiger partial charge in [-0.2, -0.15) is 0 Å². The standard InChI is InChI=1S/C22H19FN4O3/c1-12-3-4-15(22-27-26-13(2)30-22)9-19(12)25-21(29)18-11-24-20(28)10-17(18)14-5-7-16(23)8-6-14/h3-9,11,17H,10H2,1-2H3,(H,24,28)(H,25,29). The lowest BCUT2D eigenvalue weighted by Gasteiger charge is -2.24. The van der Waals surface area contributed by atoms with Crippen LogP contribution in [0, 0.1) is 19.7 Å². The summed E-state index contributed by atoms with van der Waals surface area (Å²) in [4.78, 5) is 25.0. The number of nitrogens with one attached hydrogen (secondary N) is 2. The number of halogens is 1. The third-order valence-corrected chi connectivity index (χ3v) is 4.95. The molecule has 152 valence electrons. The third-order valence-electron chi connectivity index (χ3n) is 4.95. The number of rotatable bonds is 4. The van der Waals surface area contributed by atoms with E-state index in [2.05, 4.69) is 20.8 Å². The molecule has 0 bridgehead atoms. The number of anilines is 1. The summed E-state index contributed by atoms with van der Waals surface area (Å²) < 4.78 is 18.8. The van der Waals surface area contributed by atoms with Gasteiger partial charge < -0.3 is 15.1 Å². The summed E-state index contributed by atoms with van der Waals surface area (Å²) in [5.41, 5.74) is 3.20. The fourth-order valence-electron chi connectivity index (χ4n) is 3.33. The number of aryl methyl sites for hydroxylation is 2. The molecule has 0 saturated carbocycles. The molecule has 0 saturated heterocycles. The van der Waals surface area contributed by atoms with Gasteiger partial charge in [0.2, 0.25) is 17.7 Å². The summed E-state index contributed by atoms with van der Waals surface area (Å²) in [5.74, 6) is -0.603. The van der Waals surface area contributed by atoms with Crippen molar-refractivity contribution in [2.24, 2.45) is 0 Å². The van der Waals surface area contributed by atoms with Gasteiger partial charge in [-0.1, -0.05) is 18.2 Å². The van der Waals surface area contributed by atoms with Gasteiger partial charge in [-0.15, -0.1) is 10.2 Å². The second kappa shape index (κ2) is 7.90. The van der Waals surface area contributed by atoms with Crippen molar-refractivity contribution in [3.63, 3.8) is 0 Å². The zero-order chi connectivity index (χ0) is 21.3. The quantitative estimate of drug-likeness (QED) is 0.690. The Bertz CT molecular complexity index is 1150. The molecule has 1 aliphatic heterocycles. The van der Waals surface area contributed by atoms with E-state index in [-0.39, 0.29) is 24.1 Å². The number of hydrogen-bond donors (Lipinski definition) is 2. The van der Waals surface area contributed by atoms with Crippen LogP contribution >= 0.6 is 0 Å². The molecule has 2 heterocycles. The molecule has 1 aromatic heterocycles. The number of amides is 2. The molecular formula is C22H19FN4O3. The summed E-state index contributed by atoms with van der Waals surface area (Å²) in [6.07, 6.45) is 1.51. The average Bonchev–Trinajstić information content (AvgIpc) is 3.16. The Labute approximate surface area is 172 Å². The Morgan fingerprint density at radius 3 is 2.63 bits per heavy atom. The lowest BCUT2D eigenvalue weighted by atomic mass is 9.86. The van der Waals surface area contributed by atoms with Gasteiger partial charge in [0.15, 0.2) is 0 Å². The molecule has 0 fully saturated rings. The van der Waals surface area contributed by atoms with Crippen molar-refractivity contribution < 1.29 is 18.4 Å². The fraction of sp³-hybridized carbons (Fsp3) is 0.182. The summed E-state index contributed by atoms with van der Waals surface area (Å²) in [6.45, 7) is 3.57. The monoisotopic (exact) mass is 406 g/mol. The fourth-order valence-corrected chi connectivity index (χ4v) is 3.33. The second-order valence-electron chi connectivity index (χ2n) is 7.09. The molecule has 1 unspecified atom stereocenters. The Morgan fingerprint density at radius 2 is 1.93 bits per heavy atom. The molecule has 1 atom stereocenters. The van der Waals surface area contributed by atoms with Crippen LogP contribution in [-0.2, 0) is 9.59 Å². The molecule has 3 aromatic rings. The van der Waals surface area contributed by atoms with Crippen LogP contribution in [0.15, 0.2) is 58.7 Å². The van der Waals surface area contributed by atoms with Crippen molar-refractivity contribution >= 4 is 17.5 Å². The minimum Gasteiger partial charge on any atom is -0.421 e. The van der Waals surface area contributed by atoms with E-state index in [1.165, 1.54) is 18.3 Å². The van der Waals surface area contributed by atoms with E-state index in [0.29, 0.717) is 34.2 Å². The van der Waals surface area contributed by atoms with Crippen molar-refractivity contribution in [3.8, 4) is 11.5 Å². The number of hydrogen-bond acceptors (Lipinski definition) is 5. The normalized spacial score (nSPS) is 16.0. The van der Waals surface area contributed by atoms with Gasteiger partial charge in [0.1, 0.15) is 5.82 Å². The van der Waals surface area contributed by atoms with Gasteiger partial charge in [0.25, 0.3) is 5.91 Å². The van der Waals surface area contributed by atoms with Gasteiger partial charge in [0, 0.05) is 42.3 Å². The van der Waals surface area contributed by atoms with Crippen LogP contribution in [0.4, 0.5) is 10.1 Å². The predicted molar refractivity (Wildman–Crippen MR) is 108 cm³/mol. The smallest absolute Gasteiger partial charge is 0.253 e. The van der Waals surface area contributed by atoms with Crippen LogP contribution in [-0.4, -0.2) is 22.0 Å². The number of benzene rings is 2. The van der Waals surface area contributed by atoms with Crippen molar-refractivity contribution in [2.75, 3.05) is 5.32 Å². The molecule has 2 N–H and O–H groups in total. The Morgan fingerprint density at radius 1 is 1.17 bits per heavy atom. The maximum absolute atomic E-state index is 13.3. The van der Waals surface area contributed by atoms with Crippen LogP contribution in [0.3, 0.4) is 0 Å². The lowest BCUT2D eigenvalue weighted by molar-refractivity contribution is -0.121. The maximum Gasteiger partial charge on any atom is 0.253 e. The average molecular weight is 406 g/mol. The predicted octanol–water partition coefficient (Wildman–Crippen LogP) is 3.62. The first-order valence-corrected chi connectivity index (χ1v) is 9.38. The highest BCUT2D eigenvalue weighted by Crippen LogP contribution is 2.32. The zero-order valence-corrected chi connectivity index (χ0v) is 16.4. The lowest BCUT2D eigenvalue weighted by Crippen LogP contribution is -2.32. The van der Waals surface area contributed by atoms with Crippen molar-refractivity contribution in [1.82, 2.24) is 15.5 Å². The van der Waals surface area contributed by atoms with Crippen LogP contribution in [0.2, 0.25) is 0 Å². The first-order valence-electron chi connectivity index (χ1n) is 9.38. The minimum absolute atomic E-state index is 0.102. The summed E-state index contributed by atoms with van der Waals surface area (Å²) in [6, 6.07) is 11.2. The van der Waals surface area contributed by atoms with Crippen molar-refractivity contribution in [3.05, 3.63) is 77.1 Å². The van der Waals surface area contributed by atoms with Gasteiger partial charge in [0.05, 0.1) is 0 Å². The van der Waals surface area contributed by atoms with E-state index in [4.69, 9.17) is 4.42 Å². The van der Waals surface area contributed by atoms with Crippen LogP contribution in [0.1, 0.15) is 29.4 Å². The maximum atomic E-state index is 13.3. The van der Waals surface area contributed by atoms with Crippen molar-refractivity contribution in [2.45, 2.75) is 26.2 Å². The SMILES string of the molecule is Cc1nnc(-c2ccc(C)c(NC(=O)C3=CNC(=O)CC3c3ccc(F)cc3)c2)o1. The summed E-state index contributed by atoms with van der Waals surface area (Å²) in [7, 11) is 0. The van der Waals surface area contributed by atoms with Gasteiger partial charge >= 0.3 is 0 Å². The van der Waals surface area contributed by atoms with Gasteiger partial charge in [-0.05, 0) is 42.3 Å². The molecule has 2 amide bonds. The molecule has 0 spiro atoms. The molecule has 8 heteroatoms. The van der Waals surface area contributed by atoms with Gasteiger partial charge in [-0.25, -0.2) is 4.39 Å². The summed E-state index contributed by atoms with van der Waals surface area (Å²) in [5, 5.41) is 13.3. The highest BCUT2D eigenvalue weighted by Gasteiger charge is 2.29. The number of carbonyl (C=O) groups excluding carboxylic acids is 2. The van der Waals surface area contributed by atoms with Crippen LogP contribution in [0.5, 0.6) is 0 Å². The highest BCUT2D eigenvalue weighted by atomic mass is 19.1. The molecule has 0 radical (unpaired) electrons. The van der Waals surface area contributed by atoms with E-state index < -0.39 is 5.92 Å². The second-order valence-corrected chi connectivity index (χ2v) is 7.09. The molecule has 7 nitrogen and oxygen atoms in total. The molecule has 1 aliphatic rings. The highest BCUT2D eigenvalue weighted by molar-refractivity contribution is 6.07. The molecule has 30 heavy (non-hydrogen) atoms. The van der Waals surface area contributed by atoms with E-state index in [1.807, 2.05) is 19.1 Å². The Hall–Kier alpha value is -3.81. The van der Waals surface area contributed by atoms with Crippen LogP contribution < -0.4 is 10.6 Å².